The van der Waals surface area contributed by atoms with Crippen LogP contribution in [0.25, 0.3) is 11.5 Å². The Morgan fingerprint density at radius 3 is 2.88 bits per heavy atom. The molecule has 0 saturated heterocycles. The Hall–Kier alpha value is -2.47. The molecule has 0 saturated carbocycles. The molecule has 3 aromatic rings. The van der Waals surface area contributed by atoms with Gasteiger partial charge in [-0.2, -0.15) is 0 Å². The molecule has 6 heteroatoms. The van der Waals surface area contributed by atoms with E-state index < -0.39 is 0 Å². The lowest BCUT2D eigenvalue weighted by atomic mass is 9.90. The number of aryl methyl sites for hydroxylation is 2. The van der Waals surface area contributed by atoms with Crippen LogP contribution in [0.4, 0.5) is 6.01 Å². The second-order valence-electron chi connectivity index (χ2n) is 5.91. The minimum Gasteiger partial charge on any atom is -0.403 e. The van der Waals surface area contributed by atoms with Gasteiger partial charge in [0.1, 0.15) is 0 Å². The number of amides is 1. The third kappa shape index (κ3) is 3.23. The average Bonchev–Trinajstić information content (AvgIpc) is 3.26. The molecule has 24 heavy (non-hydrogen) atoms. The molecular weight excluding hydrogens is 322 g/mol. The molecule has 0 bridgehead atoms. The highest BCUT2D eigenvalue weighted by molar-refractivity contribution is 7.10. The number of rotatable bonds is 4. The van der Waals surface area contributed by atoms with Crippen molar-refractivity contribution in [1.82, 2.24) is 10.2 Å². The molecule has 0 fully saturated rings. The molecule has 5 nitrogen and oxygen atoms in total. The standard InChI is InChI=1S/C18H17N3O2S/c22-16(11-15-6-3-9-24-15)19-18-21-20-17(23-18)14-8-7-12-4-1-2-5-13(12)10-14/h3,6-10H,1-2,4-5,11H2,(H,19,21,22). The number of carbonyl (C=O) groups excluding carboxylic acids is 1. The van der Waals surface area contributed by atoms with Gasteiger partial charge in [0.25, 0.3) is 0 Å². The van der Waals surface area contributed by atoms with Crippen LogP contribution in [0.3, 0.4) is 0 Å². The van der Waals surface area contributed by atoms with Crippen LogP contribution in [0.2, 0.25) is 0 Å². The van der Waals surface area contributed by atoms with Gasteiger partial charge in [-0.25, -0.2) is 0 Å². The molecule has 1 amide bonds. The number of hydrogen-bond acceptors (Lipinski definition) is 5. The summed E-state index contributed by atoms with van der Waals surface area (Å²) in [5, 5.41) is 12.6. The van der Waals surface area contributed by atoms with Crippen LogP contribution in [-0.2, 0) is 24.1 Å². The number of nitrogens with zero attached hydrogens (tertiary/aromatic N) is 2. The lowest BCUT2D eigenvalue weighted by Crippen LogP contribution is -2.13. The zero-order valence-electron chi connectivity index (χ0n) is 13.1. The Bertz CT molecular complexity index is 855. The van der Waals surface area contributed by atoms with Gasteiger partial charge in [-0.15, -0.1) is 16.4 Å². The van der Waals surface area contributed by atoms with E-state index in [1.54, 1.807) is 11.3 Å². The number of nitrogens with one attached hydrogen (secondary N) is 1. The van der Waals surface area contributed by atoms with Gasteiger partial charge in [-0.05, 0) is 60.4 Å². The highest BCUT2D eigenvalue weighted by Crippen LogP contribution is 2.27. The molecule has 2 heterocycles. The minimum absolute atomic E-state index is 0.143. The largest absolute Gasteiger partial charge is 0.403 e. The smallest absolute Gasteiger partial charge is 0.322 e. The van der Waals surface area contributed by atoms with Crippen LogP contribution >= 0.6 is 11.3 Å². The predicted molar refractivity (Wildman–Crippen MR) is 93.0 cm³/mol. The van der Waals surface area contributed by atoms with Gasteiger partial charge in [-0.3, -0.25) is 10.1 Å². The molecule has 2 aromatic heterocycles. The minimum atomic E-state index is -0.155. The fraction of sp³-hybridized carbons (Fsp3) is 0.278. The van der Waals surface area contributed by atoms with E-state index >= 15 is 0 Å². The first-order valence-electron chi connectivity index (χ1n) is 8.06. The Balaban J connectivity index is 1.47. The first-order valence-corrected chi connectivity index (χ1v) is 8.94. The molecule has 0 radical (unpaired) electrons. The van der Waals surface area contributed by atoms with Crippen LogP contribution in [-0.4, -0.2) is 16.1 Å². The summed E-state index contributed by atoms with van der Waals surface area (Å²) in [5.74, 6) is 0.285. The normalized spacial score (nSPS) is 13.5. The van der Waals surface area contributed by atoms with Gasteiger partial charge in [0.2, 0.25) is 11.8 Å². The monoisotopic (exact) mass is 339 g/mol. The van der Waals surface area contributed by atoms with Crippen LogP contribution in [0, 0.1) is 0 Å². The molecule has 0 unspecified atom stereocenters. The first kappa shape index (κ1) is 15.1. The molecule has 1 aromatic carbocycles. The Labute approximate surface area is 143 Å². The molecule has 1 aliphatic rings. The number of hydrogen-bond donors (Lipinski definition) is 1. The van der Waals surface area contributed by atoms with Crippen molar-refractivity contribution < 1.29 is 9.21 Å². The lowest BCUT2D eigenvalue weighted by molar-refractivity contribution is -0.115. The fourth-order valence-corrected chi connectivity index (χ4v) is 3.70. The van der Waals surface area contributed by atoms with E-state index in [-0.39, 0.29) is 11.9 Å². The van der Waals surface area contributed by atoms with Crippen molar-refractivity contribution in [3.8, 4) is 11.5 Å². The molecule has 0 aliphatic heterocycles. The third-order valence-corrected chi connectivity index (χ3v) is 5.06. The second-order valence-corrected chi connectivity index (χ2v) is 6.94. The van der Waals surface area contributed by atoms with Crippen molar-refractivity contribution >= 4 is 23.3 Å². The second kappa shape index (κ2) is 6.57. The summed E-state index contributed by atoms with van der Waals surface area (Å²) in [6, 6.07) is 10.3. The number of carbonyl (C=O) groups is 1. The van der Waals surface area contributed by atoms with Crippen molar-refractivity contribution in [3.05, 3.63) is 51.7 Å². The number of thiophene rings is 1. The SMILES string of the molecule is O=C(Cc1cccs1)Nc1nnc(-c2ccc3c(c2)CCCC3)o1. The van der Waals surface area contributed by atoms with E-state index in [2.05, 4.69) is 27.6 Å². The van der Waals surface area contributed by atoms with E-state index in [0.717, 1.165) is 23.3 Å². The van der Waals surface area contributed by atoms with Crippen LogP contribution < -0.4 is 5.32 Å². The summed E-state index contributed by atoms with van der Waals surface area (Å²) in [4.78, 5) is 13.0. The average molecular weight is 339 g/mol. The summed E-state index contributed by atoms with van der Waals surface area (Å²) in [5.41, 5.74) is 3.68. The van der Waals surface area contributed by atoms with E-state index in [1.807, 2.05) is 23.6 Å². The molecule has 122 valence electrons. The third-order valence-electron chi connectivity index (χ3n) is 4.18. The molecule has 0 spiro atoms. The van der Waals surface area contributed by atoms with Crippen molar-refractivity contribution in [1.29, 1.82) is 0 Å². The van der Waals surface area contributed by atoms with Crippen molar-refractivity contribution in [2.24, 2.45) is 0 Å². The van der Waals surface area contributed by atoms with Gasteiger partial charge in [-0.1, -0.05) is 17.2 Å². The van der Waals surface area contributed by atoms with Crippen molar-refractivity contribution in [3.63, 3.8) is 0 Å². The molecule has 4 rings (SSSR count). The highest BCUT2D eigenvalue weighted by Gasteiger charge is 2.15. The molecule has 1 N–H and O–H groups in total. The summed E-state index contributed by atoms with van der Waals surface area (Å²) in [6.07, 6.45) is 5.04. The summed E-state index contributed by atoms with van der Waals surface area (Å²) in [6.45, 7) is 0. The number of fused-ring (bicyclic) bond motifs is 1. The quantitative estimate of drug-likeness (QED) is 0.784. The molecule has 1 aliphatic carbocycles. The maximum Gasteiger partial charge on any atom is 0.322 e. The maximum atomic E-state index is 12.0. The van der Waals surface area contributed by atoms with E-state index in [1.165, 1.54) is 24.0 Å². The van der Waals surface area contributed by atoms with Crippen molar-refractivity contribution in [2.75, 3.05) is 5.32 Å². The first-order chi connectivity index (χ1) is 11.8. The van der Waals surface area contributed by atoms with Crippen LogP contribution in [0.15, 0.2) is 40.1 Å². The summed E-state index contributed by atoms with van der Waals surface area (Å²) >= 11 is 1.55. The van der Waals surface area contributed by atoms with E-state index in [9.17, 15) is 4.79 Å². The zero-order valence-corrected chi connectivity index (χ0v) is 13.9. The van der Waals surface area contributed by atoms with Gasteiger partial charge < -0.3 is 4.42 Å². The highest BCUT2D eigenvalue weighted by atomic mass is 32.1. The van der Waals surface area contributed by atoms with Crippen molar-refractivity contribution in [2.45, 2.75) is 32.1 Å². The molecule has 0 atom stereocenters. The van der Waals surface area contributed by atoms with Gasteiger partial charge in [0.05, 0.1) is 6.42 Å². The van der Waals surface area contributed by atoms with Gasteiger partial charge in [0, 0.05) is 10.4 Å². The van der Waals surface area contributed by atoms with E-state index in [4.69, 9.17) is 4.42 Å². The van der Waals surface area contributed by atoms with Crippen LogP contribution in [0.1, 0.15) is 28.8 Å². The zero-order chi connectivity index (χ0) is 16.4. The fourth-order valence-electron chi connectivity index (χ4n) is 2.99. The van der Waals surface area contributed by atoms with Gasteiger partial charge >= 0.3 is 6.01 Å². The Morgan fingerprint density at radius 2 is 2.04 bits per heavy atom. The molecular formula is C18H17N3O2S. The Kier molecular flexibility index (Phi) is 4.13. The number of aromatic nitrogens is 2. The van der Waals surface area contributed by atoms with Crippen LogP contribution in [0.5, 0.6) is 0 Å². The summed E-state index contributed by atoms with van der Waals surface area (Å²) < 4.78 is 5.60. The number of anilines is 1. The van der Waals surface area contributed by atoms with Gasteiger partial charge in [0.15, 0.2) is 0 Å². The van der Waals surface area contributed by atoms with E-state index in [0.29, 0.717) is 12.3 Å². The number of benzene rings is 1. The summed E-state index contributed by atoms with van der Waals surface area (Å²) in [7, 11) is 0. The maximum absolute atomic E-state index is 12.0. The predicted octanol–water partition coefficient (Wildman–Crippen LogP) is 3.86. The Morgan fingerprint density at radius 1 is 1.17 bits per heavy atom. The topological polar surface area (TPSA) is 68.0 Å². The lowest BCUT2D eigenvalue weighted by Gasteiger charge is -2.15.